The van der Waals surface area contributed by atoms with Gasteiger partial charge in [-0.15, -0.1) is 0 Å². The van der Waals surface area contributed by atoms with Gasteiger partial charge in [-0.3, -0.25) is 4.79 Å². The molecule has 0 aromatic heterocycles. The van der Waals surface area contributed by atoms with Crippen molar-refractivity contribution in [1.82, 2.24) is 5.32 Å². The van der Waals surface area contributed by atoms with E-state index in [0.29, 0.717) is 24.8 Å². The topological polar surface area (TPSA) is 41.6 Å². The Morgan fingerprint density at radius 2 is 2.22 bits per heavy atom. The number of nitrogens with zero attached hydrogens (tertiary/aromatic N) is 1. The van der Waals surface area contributed by atoms with Gasteiger partial charge >= 0.3 is 0 Å². The monoisotopic (exact) mass is 324 g/mol. The number of halogens is 2. The molecule has 6 heteroatoms. The predicted octanol–water partition coefficient (Wildman–Crippen LogP) is 2.33. The van der Waals surface area contributed by atoms with E-state index in [2.05, 4.69) is 5.32 Å². The number of carbonyl (C=O) groups excluding carboxylic acids is 1. The van der Waals surface area contributed by atoms with Crippen molar-refractivity contribution < 1.29 is 18.3 Å². The molecule has 1 amide bonds. The molecule has 1 aliphatic carbocycles. The molecule has 3 atom stereocenters. The van der Waals surface area contributed by atoms with Crippen LogP contribution in [0.5, 0.6) is 0 Å². The molecule has 2 aliphatic rings. The van der Waals surface area contributed by atoms with Gasteiger partial charge in [-0.25, -0.2) is 8.78 Å². The maximum Gasteiger partial charge on any atom is 0.225 e. The number of hydrogen-bond acceptors (Lipinski definition) is 3. The normalized spacial score (nSPS) is 26.4. The molecule has 1 saturated heterocycles. The number of amides is 1. The lowest BCUT2D eigenvalue weighted by Crippen LogP contribution is -2.32. The number of ether oxygens (including phenoxy) is 1. The molecule has 0 spiro atoms. The van der Waals surface area contributed by atoms with Crippen molar-refractivity contribution in [2.75, 3.05) is 31.1 Å². The van der Waals surface area contributed by atoms with Gasteiger partial charge in [0.1, 0.15) is 0 Å². The van der Waals surface area contributed by atoms with Gasteiger partial charge in [0.15, 0.2) is 11.6 Å². The summed E-state index contributed by atoms with van der Waals surface area (Å²) in [5, 5.41) is 2.99. The summed E-state index contributed by atoms with van der Waals surface area (Å²) >= 11 is 0. The van der Waals surface area contributed by atoms with Crippen LogP contribution >= 0.6 is 0 Å². The van der Waals surface area contributed by atoms with E-state index in [-0.39, 0.29) is 17.9 Å². The first-order valence-electron chi connectivity index (χ1n) is 8.17. The molecular weight excluding hydrogens is 302 g/mol. The first-order chi connectivity index (χ1) is 11.1. The molecule has 1 aromatic carbocycles. The third-order valence-corrected chi connectivity index (χ3v) is 4.57. The van der Waals surface area contributed by atoms with E-state index < -0.39 is 11.6 Å². The molecule has 0 unspecified atom stereocenters. The van der Waals surface area contributed by atoms with Crippen LogP contribution < -0.4 is 10.2 Å². The molecule has 2 fully saturated rings. The van der Waals surface area contributed by atoms with Crippen LogP contribution in [-0.2, 0) is 9.53 Å². The van der Waals surface area contributed by atoms with Crippen LogP contribution in [0.25, 0.3) is 0 Å². The van der Waals surface area contributed by atoms with Crippen molar-refractivity contribution in [3.05, 3.63) is 29.8 Å². The molecule has 1 aliphatic heterocycles. The average molecular weight is 324 g/mol. The molecule has 0 bridgehead atoms. The lowest BCUT2D eigenvalue weighted by atomic mass is 10.1. The van der Waals surface area contributed by atoms with E-state index in [0.717, 1.165) is 32.0 Å². The molecule has 1 saturated carbocycles. The van der Waals surface area contributed by atoms with Crippen molar-refractivity contribution in [1.29, 1.82) is 0 Å². The molecule has 126 valence electrons. The van der Waals surface area contributed by atoms with E-state index in [1.54, 1.807) is 6.07 Å². The highest BCUT2D eigenvalue weighted by Crippen LogP contribution is 2.34. The molecule has 1 N–H and O–H groups in total. The van der Waals surface area contributed by atoms with E-state index >= 15 is 0 Å². The zero-order valence-electron chi connectivity index (χ0n) is 13.2. The zero-order chi connectivity index (χ0) is 16.4. The summed E-state index contributed by atoms with van der Waals surface area (Å²) in [6.45, 7) is 4.72. The van der Waals surface area contributed by atoms with Crippen molar-refractivity contribution in [2.24, 2.45) is 11.8 Å². The van der Waals surface area contributed by atoms with Crippen LogP contribution in [-0.4, -0.2) is 38.3 Å². The minimum Gasteiger partial charge on any atom is -0.378 e. The van der Waals surface area contributed by atoms with Gasteiger partial charge in [0.05, 0.1) is 12.0 Å². The number of anilines is 1. The van der Waals surface area contributed by atoms with Gasteiger partial charge in [0.2, 0.25) is 5.91 Å². The van der Waals surface area contributed by atoms with Crippen LogP contribution in [0.2, 0.25) is 0 Å². The van der Waals surface area contributed by atoms with E-state index in [1.165, 1.54) is 6.07 Å². The van der Waals surface area contributed by atoms with Gasteiger partial charge in [-0.2, -0.15) is 0 Å². The molecule has 1 aromatic rings. The Balaban J connectivity index is 1.45. The third kappa shape index (κ3) is 3.80. The second-order valence-corrected chi connectivity index (χ2v) is 6.28. The van der Waals surface area contributed by atoms with Crippen LogP contribution in [0, 0.1) is 23.5 Å². The Bertz CT molecular complexity index is 582. The third-order valence-electron chi connectivity index (χ3n) is 4.57. The van der Waals surface area contributed by atoms with Crippen LogP contribution in [0.3, 0.4) is 0 Å². The van der Waals surface area contributed by atoms with Crippen molar-refractivity contribution in [2.45, 2.75) is 25.9 Å². The number of nitrogens with one attached hydrogen (secondary N) is 1. The second-order valence-electron chi connectivity index (χ2n) is 6.28. The fourth-order valence-electron chi connectivity index (χ4n) is 3.14. The maximum atomic E-state index is 13.3. The number of carbonyl (C=O) groups is 1. The van der Waals surface area contributed by atoms with E-state index in [9.17, 15) is 13.6 Å². The summed E-state index contributed by atoms with van der Waals surface area (Å²) in [7, 11) is 0. The van der Waals surface area contributed by atoms with Gasteiger partial charge in [-0.1, -0.05) is 0 Å². The summed E-state index contributed by atoms with van der Waals surface area (Å²) in [4.78, 5) is 14.0. The maximum absolute atomic E-state index is 13.3. The molecule has 3 rings (SSSR count). The Kier molecular flexibility index (Phi) is 4.80. The summed E-state index contributed by atoms with van der Waals surface area (Å²) in [5.41, 5.74) is 0.691. The largest absolute Gasteiger partial charge is 0.378 e. The average Bonchev–Trinajstić information content (AvgIpc) is 3.14. The van der Waals surface area contributed by atoms with E-state index in [4.69, 9.17) is 4.74 Å². The summed E-state index contributed by atoms with van der Waals surface area (Å²) in [6.07, 6.45) is 1.83. The van der Waals surface area contributed by atoms with Crippen molar-refractivity contribution in [3.8, 4) is 0 Å². The molecule has 1 heterocycles. The van der Waals surface area contributed by atoms with Gasteiger partial charge < -0.3 is 15.0 Å². The smallest absolute Gasteiger partial charge is 0.225 e. The predicted molar refractivity (Wildman–Crippen MR) is 83.2 cm³/mol. The van der Waals surface area contributed by atoms with Gasteiger partial charge in [0, 0.05) is 38.0 Å². The molecule has 0 radical (unpaired) electrons. The van der Waals surface area contributed by atoms with Gasteiger partial charge in [-0.05, 0) is 37.8 Å². The Morgan fingerprint density at radius 1 is 1.39 bits per heavy atom. The quantitative estimate of drug-likeness (QED) is 0.873. The summed E-state index contributed by atoms with van der Waals surface area (Å²) in [6, 6.07) is 3.98. The summed E-state index contributed by atoms with van der Waals surface area (Å²) < 4.78 is 31.7. The molecular formula is C17H22F2N2O2. The zero-order valence-corrected chi connectivity index (χ0v) is 13.2. The SMILES string of the molecule is CCO[C@@H]1C[C@H]1C(=O)NC[C@@H]1CCN(c2ccc(F)c(F)c2)C1. The van der Waals surface area contributed by atoms with Crippen molar-refractivity contribution in [3.63, 3.8) is 0 Å². The van der Waals surface area contributed by atoms with Gasteiger partial charge in [0.25, 0.3) is 0 Å². The highest BCUT2D eigenvalue weighted by Gasteiger charge is 2.44. The Hall–Kier alpha value is -1.69. The number of hydrogen-bond donors (Lipinski definition) is 1. The van der Waals surface area contributed by atoms with Crippen molar-refractivity contribution >= 4 is 11.6 Å². The summed E-state index contributed by atoms with van der Waals surface area (Å²) in [5.74, 6) is -1.26. The van der Waals surface area contributed by atoms with Crippen LogP contribution in [0.1, 0.15) is 19.8 Å². The second kappa shape index (κ2) is 6.83. The number of benzene rings is 1. The molecule has 23 heavy (non-hydrogen) atoms. The minimum atomic E-state index is -0.829. The highest BCUT2D eigenvalue weighted by atomic mass is 19.2. The lowest BCUT2D eigenvalue weighted by Gasteiger charge is -2.19. The number of rotatable bonds is 6. The molecule has 4 nitrogen and oxygen atoms in total. The van der Waals surface area contributed by atoms with Crippen LogP contribution in [0.4, 0.5) is 14.5 Å². The van der Waals surface area contributed by atoms with Crippen LogP contribution in [0.15, 0.2) is 18.2 Å². The fourth-order valence-corrected chi connectivity index (χ4v) is 3.14. The first-order valence-corrected chi connectivity index (χ1v) is 8.17. The standard InChI is InChI=1S/C17H22F2N2O2/c1-2-23-16-8-13(16)17(22)20-9-11-5-6-21(10-11)12-3-4-14(18)15(19)7-12/h3-4,7,11,13,16H,2,5-6,8-10H2,1H3,(H,20,22)/t11-,13+,16+/m0/s1. The highest BCUT2D eigenvalue weighted by molar-refractivity contribution is 5.82. The minimum absolute atomic E-state index is 0.00125. The Labute approximate surface area is 134 Å². The first kappa shape index (κ1) is 16.2. The Morgan fingerprint density at radius 3 is 2.96 bits per heavy atom. The fraction of sp³-hybridized carbons (Fsp3) is 0.588. The lowest BCUT2D eigenvalue weighted by molar-refractivity contribution is -0.123. The van der Waals surface area contributed by atoms with E-state index in [1.807, 2.05) is 11.8 Å².